The molecule has 0 amide bonds. The second-order valence-electron chi connectivity index (χ2n) is 6.20. The molecule has 2 bridgehead atoms. The smallest absolute Gasteiger partial charge is 0.140 e. The Morgan fingerprint density at radius 1 is 1.33 bits per heavy atom. The van der Waals surface area contributed by atoms with Crippen LogP contribution in [0.1, 0.15) is 42.6 Å². The predicted molar refractivity (Wildman–Crippen MR) is 70.3 cm³/mol. The van der Waals surface area contributed by atoms with Gasteiger partial charge in [-0.3, -0.25) is 9.48 Å². The molecule has 0 N–H and O–H groups in total. The van der Waals surface area contributed by atoms with Crippen LogP contribution in [0.2, 0.25) is 0 Å². The number of ketones is 1. The standard InChI is InChI=1S/C15H22N2O/c1-9-13(10(2)17(3)16-9)8-15(18)14-7-11-4-5-12(14)6-11/h11-12,14H,4-8H2,1-3H3. The Bertz CT molecular complexity index is 489. The number of rotatable bonds is 3. The van der Waals surface area contributed by atoms with Crippen molar-refractivity contribution in [2.24, 2.45) is 24.8 Å². The van der Waals surface area contributed by atoms with Gasteiger partial charge in [0.1, 0.15) is 5.78 Å². The van der Waals surface area contributed by atoms with Crippen molar-refractivity contribution < 1.29 is 4.79 Å². The lowest BCUT2D eigenvalue weighted by Crippen LogP contribution is -2.23. The Morgan fingerprint density at radius 3 is 2.61 bits per heavy atom. The largest absolute Gasteiger partial charge is 0.299 e. The number of nitrogens with zero attached hydrogens (tertiary/aromatic N) is 2. The van der Waals surface area contributed by atoms with E-state index in [1.807, 2.05) is 18.7 Å². The van der Waals surface area contributed by atoms with Gasteiger partial charge in [-0.15, -0.1) is 0 Å². The fourth-order valence-electron chi connectivity index (χ4n) is 4.02. The minimum Gasteiger partial charge on any atom is -0.299 e. The van der Waals surface area contributed by atoms with Crippen LogP contribution in [0.25, 0.3) is 0 Å². The van der Waals surface area contributed by atoms with Crippen molar-refractivity contribution in [1.29, 1.82) is 0 Å². The van der Waals surface area contributed by atoms with Gasteiger partial charge in [-0.1, -0.05) is 6.42 Å². The minimum absolute atomic E-state index is 0.350. The third-order valence-electron chi connectivity index (χ3n) is 5.16. The first kappa shape index (κ1) is 11.9. The Hall–Kier alpha value is -1.12. The van der Waals surface area contributed by atoms with Crippen LogP contribution in [0.5, 0.6) is 0 Å². The van der Waals surface area contributed by atoms with Crippen molar-refractivity contribution in [2.45, 2.75) is 46.0 Å². The number of hydrogen-bond acceptors (Lipinski definition) is 2. The quantitative estimate of drug-likeness (QED) is 0.821. The molecule has 0 aromatic carbocycles. The molecule has 0 aliphatic heterocycles. The van der Waals surface area contributed by atoms with Gasteiger partial charge in [-0.2, -0.15) is 5.10 Å². The second kappa shape index (κ2) is 4.22. The molecule has 2 aliphatic rings. The molecule has 2 fully saturated rings. The van der Waals surface area contributed by atoms with Crippen LogP contribution in [0.15, 0.2) is 0 Å². The molecule has 0 radical (unpaired) electrons. The number of Topliss-reactive ketones (excluding diaryl/α,β-unsaturated/α-hetero) is 1. The number of carbonyl (C=O) groups excluding carboxylic acids is 1. The Balaban J connectivity index is 1.75. The lowest BCUT2D eigenvalue weighted by molar-refractivity contribution is -0.123. The zero-order valence-electron chi connectivity index (χ0n) is 11.6. The highest BCUT2D eigenvalue weighted by Gasteiger charge is 2.42. The van der Waals surface area contributed by atoms with Gasteiger partial charge in [-0.05, 0) is 44.9 Å². The maximum Gasteiger partial charge on any atom is 0.140 e. The fourth-order valence-corrected chi connectivity index (χ4v) is 4.02. The molecule has 3 unspecified atom stereocenters. The van der Waals surface area contributed by atoms with E-state index in [2.05, 4.69) is 12.0 Å². The van der Waals surface area contributed by atoms with Gasteiger partial charge in [0, 0.05) is 30.6 Å². The van der Waals surface area contributed by atoms with Crippen LogP contribution in [-0.2, 0) is 18.3 Å². The highest BCUT2D eigenvalue weighted by atomic mass is 16.1. The van der Waals surface area contributed by atoms with Gasteiger partial charge < -0.3 is 0 Å². The van der Waals surface area contributed by atoms with Crippen molar-refractivity contribution in [2.75, 3.05) is 0 Å². The van der Waals surface area contributed by atoms with E-state index in [9.17, 15) is 4.79 Å². The molecule has 3 atom stereocenters. The van der Waals surface area contributed by atoms with Gasteiger partial charge >= 0.3 is 0 Å². The Labute approximate surface area is 109 Å². The van der Waals surface area contributed by atoms with Crippen molar-refractivity contribution >= 4 is 5.78 Å². The van der Waals surface area contributed by atoms with Gasteiger partial charge in [-0.25, -0.2) is 0 Å². The van der Waals surface area contributed by atoms with Crippen LogP contribution in [0.4, 0.5) is 0 Å². The van der Waals surface area contributed by atoms with Crippen LogP contribution < -0.4 is 0 Å². The summed E-state index contributed by atoms with van der Waals surface area (Å²) in [6.45, 7) is 4.07. The van der Waals surface area contributed by atoms with Gasteiger partial charge in [0.25, 0.3) is 0 Å². The van der Waals surface area contributed by atoms with Crippen molar-refractivity contribution in [3.8, 4) is 0 Å². The highest BCUT2D eigenvalue weighted by molar-refractivity contribution is 5.84. The third kappa shape index (κ3) is 1.80. The van der Waals surface area contributed by atoms with Crippen molar-refractivity contribution in [3.05, 3.63) is 17.0 Å². The van der Waals surface area contributed by atoms with Crippen LogP contribution in [0.3, 0.4) is 0 Å². The number of carbonyl (C=O) groups is 1. The number of aryl methyl sites for hydroxylation is 2. The highest BCUT2D eigenvalue weighted by Crippen LogP contribution is 2.48. The summed E-state index contributed by atoms with van der Waals surface area (Å²) in [4.78, 5) is 12.5. The molecule has 98 valence electrons. The van der Waals surface area contributed by atoms with Crippen LogP contribution in [-0.4, -0.2) is 15.6 Å². The minimum atomic E-state index is 0.350. The molecule has 1 aromatic rings. The van der Waals surface area contributed by atoms with Crippen molar-refractivity contribution in [3.63, 3.8) is 0 Å². The van der Waals surface area contributed by atoms with E-state index in [0.717, 1.165) is 29.3 Å². The number of aromatic nitrogens is 2. The van der Waals surface area contributed by atoms with Gasteiger partial charge in [0.15, 0.2) is 0 Å². The third-order valence-corrected chi connectivity index (χ3v) is 5.16. The molecule has 3 nitrogen and oxygen atoms in total. The van der Waals surface area contributed by atoms with E-state index in [0.29, 0.717) is 24.0 Å². The average Bonchev–Trinajstić information content (AvgIpc) is 3.00. The first-order valence-corrected chi connectivity index (χ1v) is 7.08. The van der Waals surface area contributed by atoms with Gasteiger partial charge in [0.05, 0.1) is 5.69 Å². The first-order chi connectivity index (χ1) is 8.56. The summed E-state index contributed by atoms with van der Waals surface area (Å²) in [7, 11) is 1.95. The summed E-state index contributed by atoms with van der Waals surface area (Å²) in [5, 5.41) is 4.40. The monoisotopic (exact) mass is 246 g/mol. The van der Waals surface area contributed by atoms with E-state index in [1.54, 1.807) is 0 Å². The summed E-state index contributed by atoms with van der Waals surface area (Å²) >= 11 is 0. The average molecular weight is 246 g/mol. The molecule has 0 saturated heterocycles. The molecular weight excluding hydrogens is 224 g/mol. The maximum atomic E-state index is 12.5. The zero-order chi connectivity index (χ0) is 12.9. The van der Waals surface area contributed by atoms with Gasteiger partial charge in [0.2, 0.25) is 0 Å². The molecule has 18 heavy (non-hydrogen) atoms. The maximum absolute atomic E-state index is 12.5. The van der Waals surface area contributed by atoms with Crippen LogP contribution >= 0.6 is 0 Å². The van der Waals surface area contributed by atoms with E-state index >= 15 is 0 Å². The SMILES string of the molecule is Cc1nn(C)c(C)c1CC(=O)C1CC2CCC1C2. The first-order valence-electron chi connectivity index (χ1n) is 7.08. The molecular formula is C15H22N2O. The predicted octanol–water partition coefficient (Wildman–Crippen LogP) is 2.58. The zero-order valence-corrected chi connectivity index (χ0v) is 11.6. The molecule has 3 heteroatoms. The van der Waals surface area contributed by atoms with E-state index in [-0.39, 0.29) is 0 Å². The van der Waals surface area contributed by atoms with E-state index in [4.69, 9.17) is 0 Å². The lowest BCUT2D eigenvalue weighted by Gasteiger charge is -2.20. The normalized spacial score (nSPS) is 30.1. The van der Waals surface area contributed by atoms with Crippen LogP contribution in [0, 0.1) is 31.6 Å². The lowest BCUT2D eigenvalue weighted by atomic mass is 9.83. The van der Waals surface area contributed by atoms with E-state index in [1.165, 1.54) is 19.3 Å². The summed E-state index contributed by atoms with van der Waals surface area (Å²) in [5.74, 6) is 2.35. The molecule has 1 heterocycles. The number of hydrogen-bond donors (Lipinski definition) is 0. The Morgan fingerprint density at radius 2 is 2.11 bits per heavy atom. The summed E-state index contributed by atoms with van der Waals surface area (Å²) in [6.07, 6.45) is 5.70. The molecule has 0 spiro atoms. The summed E-state index contributed by atoms with van der Waals surface area (Å²) < 4.78 is 1.89. The second-order valence-corrected chi connectivity index (χ2v) is 6.20. The summed E-state index contributed by atoms with van der Waals surface area (Å²) in [6, 6.07) is 0. The number of fused-ring (bicyclic) bond motifs is 2. The molecule has 1 aromatic heterocycles. The fraction of sp³-hybridized carbons (Fsp3) is 0.733. The van der Waals surface area contributed by atoms with E-state index < -0.39 is 0 Å². The molecule has 3 rings (SSSR count). The Kier molecular flexibility index (Phi) is 2.80. The molecule has 2 saturated carbocycles. The summed E-state index contributed by atoms with van der Waals surface area (Å²) in [5.41, 5.74) is 3.32. The van der Waals surface area contributed by atoms with Crippen molar-refractivity contribution in [1.82, 2.24) is 9.78 Å². The topological polar surface area (TPSA) is 34.9 Å². The molecule has 2 aliphatic carbocycles.